The molecule has 108 valence electrons. The van der Waals surface area contributed by atoms with Crippen molar-refractivity contribution in [1.29, 1.82) is 0 Å². The smallest absolute Gasteiger partial charge is 0.407 e. The molecule has 1 saturated heterocycles. The lowest BCUT2D eigenvalue weighted by Crippen LogP contribution is -2.53. The Morgan fingerprint density at radius 1 is 1.50 bits per heavy atom. The minimum absolute atomic E-state index is 0.223. The molecule has 7 nitrogen and oxygen atoms in total. The van der Waals surface area contributed by atoms with Gasteiger partial charge in [0, 0.05) is 43.5 Å². The molecule has 20 heavy (non-hydrogen) atoms. The van der Waals surface area contributed by atoms with Crippen LogP contribution in [-0.4, -0.2) is 46.7 Å². The summed E-state index contributed by atoms with van der Waals surface area (Å²) in [5.74, 6) is -0.888. The van der Waals surface area contributed by atoms with E-state index in [-0.39, 0.29) is 6.04 Å². The van der Waals surface area contributed by atoms with Crippen molar-refractivity contribution in [3.8, 4) is 0 Å². The Labute approximate surface area is 114 Å². The highest BCUT2D eigenvalue weighted by atomic mass is 19.1. The van der Waals surface area contributed by atoms with Crippen molar-refractivity contribution in [2.45, 2.75) is 13.0 Å². The van der Waals surface area contributed by atoms with Gasteiger partial charge in [0.15, 0.2) is 0 Å². The molecule has 0 bridgehead atoms. The van der Waals surface area contributed by atoms with Crippen molar-refractivity contribution >= 4 is 17.5 Å². The van der Waals surface area contributed by atoms with Gasteiger partial charge in [0.2, 0.25) is 5.82 Å². The zero-order valence-electron chi connectivity index (χ0n) is 10.8. The van der Waals surface area contributed by atoms with Gasteiger partial charge in [-0.05, 0) is 13.0 Å². The third-order valence-corrected chi connectivity index (χ3v) is 3.37. The van der Waals surface area contributed by atoms with Gasteiger partial charge in [-0.3, -0.25) is 10.1 Å². The monoisotopic (exact) mass is 283 g/mol. The third kappa shape index (κ3) is 2.63. The summed E-state index contributed by atoms with van der Waals surface area (Å²) in [6.07, 6.45) is -0.980. The number of carbonyl (C=O) groups is 1. The number of hydrogen-bond donors (Lipinski definition) is 1. The van der Waals surface area contributed by atoms with Crippen LogP contribution in [0.1, 0.15) is 6.92 Å². The highest BCUT2D eigenvalue weighted by molar-refractivity contribution is 5.66. The van der Waals surface area contributed by atoms with E-state index in [9.17, 15) is 19.3 Å². The summed E-state index contributed by atoms with van der Waals surface area (Å²) in [5, 5.41) is 19.5. The Morgan fingerprint density at radius 2 is 2.20 bits per heavy atom. The number of anilines is 1. The van der Waals surface area contributed by atoms with Crippen molar-refractivity contribution in [3.63, 3.8) is 0 Å². The number of nitrogens with zero attached hydrogens (tertiary/aromatic N) is 3. The van der Waals surface area contributed by atoms with Crippen LogP contribution in [0.3, 0.4) is 0 Å². The average Bonchev–Trinajstić information content (AvgIpc) is 2.37. The minimum Gasteiger partial charge on any atom is -0.465 e. The summed E-state index contributed by atoms with van der Waals surface area (Å²) < 4.78 is 13.6. The summed E-state index contributed by atoms with van der Waals surface area (Å²) >= 11 is 0. The summed E-state index contributed by atoms with van der Waals surface area (Å²) in [7, 11) is 0. The van der Waals surface area contributed by atoms with Gasteiger partial charge < -0.3 is 14.9 Å². The predicted octanol–water partition coefficient (Wildman–Crippen LogP) is 1.92. The number of hydrogen-bond acceptors (Lipinski definition) is 4. The van der Waals surface area contributed by atoms with E-state index >= 15 is 0 Å². The second-order valence-electron chi connectivity index (χ2n) is 4.66. The normalized spacial score (nSPS) is 19.0. The fraction of sp³-hybridized carbons (Fsp3) is 0.417. The predicted molar refractivity (Wildman–Crippen MR) is 69.5 cm³/mol. The molecule has 1 amide bonds. The highest BCUT2D eigenvalue weighted by Gasteiger charge is 2.28. The van der Waals surface area contributed by atoms with Crippen LogP contribution in [0.25, 0.3) is 0 Å². The maximum atomic E-state index is 13.6. The fourth-order valence-corrected chi connectivity index (χ4v) is 2.32. The molecule has 1 fully saturated rings. The molecule has 8 heteroatoms. The van der Waals surface area contributed by atoms with E-state index in [2.05, 4.69) is 0 Å². The quantitative estimate of drug-likeness (QED) is 0.662. The Kier molecular flexibility index (Phi) is 3.73. The van der Waals surface area contributed by atoms with Gasteiger partial charge in [0.25, 0.3) is 0 Å². The van der Waals surface area contributed by atoms with Gasteiger partial charge in [-0.25, -0.2) is 4.79 Å². The van der Waals surface area contributed by atoms with Gasteiger partial charge in [0.05, 0.1) is 4.92 Å². The number of rotatable bonds is 2. The average molecular weight is 283 g/mol. The van der Waals surface area contributed by atoms with Crippen molar-refractivity contribution in [3.05, 3.63) is 34.1 Å². The molecular formula is C12H14FN3O4. The highest BCUT2D eigenvalue weighted by Crippen LogP contribution is 2.25. The number of carboxylic acid groups (broad SMARTS) is 1. The Hall–Kier alpha value is -2.38. The standard InChI is InChI=1S/C12H14FN3O4/c1-8-7-14(4-5-15(8)12(17)18)9-2-3-11(16(19)20)10(13)6-9/h2-3,6,8H,4-5,7H2,1H3,(H,17,18)/t8-/m0/s1. The van der Waals surface area contributed by atoms with Crippen molar-refractivity contribution < 1.29 is 19.2 Å². The molecule has 0 unspecified atom stereocenters. The van der Waals surface area contributed by atoms with Crippen LogP contribution in [0, 0.1) is 15.9 Å². The molecule has 0 radical (unpaired) electrons. The zero-order chi connectivity index (χ0) is 14.9. The summed E-state index contributed by atoms with van der Waals surface area (Å²) in [4.78, 5) is 23.9. The molecule has 0 aromatic heterocycles. The number of halogens is 1. The van der Waals surface area contributed by atoms with E-state index in [1.165, 1.54) is 11.0 Å². The van der Waals surface area contributed by atoms with Crippen LogP contribution in [0.15, 0.2) is 18.2 Å². The molecule has 2 rings (SSSR count). The Bertz CT molecular complexity index is 552. The molecule has 1 aliphatic heterocycles. The molecule has 0 saturated carbocycles. The molecule has 0 spiro atoms. The molecule has 1 atom stereocenters. The maximum Gasteiger partial charge on any atom is 0.407 e. The molecule has 1 heterocycles. The Balaban J connectivity index is 2.16. The lowest BCUT2D eigenvalue weighted by molar-refractivity contribution is -0.387. The molecular weight excluding hydrogens is 269 g/mol. The van der Waals surface area contributed by atoms with Gasteiger partial charge >= 0.3 is 11.8 Å². The van der Waals surface area contributed by atoms with E-state index < -0.39 is 22.5 Å². The van der Waals surface area contributed by atoms with Crippen molar-refractivity contribution in [2.75, 3.05) is 24.5 Å². The van der Waals surface area contributed by atoms with Crippen LogP contribution < -0.4 is 4.90 Å². The van der Waals surface area contributed by atoms with Crippen LogP contribution in [-0.2, 0) is 0 Å². The first-order valence-corrected chi connectivity index (χ1v) is 6.08. The van der Waals surface area contributed by atoms with Crippen LogP contribution >= 0.6 is 0 Å². The number of piperazine rings is 1. The largest absolute Gasteiger partial charge is 0.465 e. The fourth-order valence-electron chi connectivity index (χ4n) is 2.32. The van der Waals surface area contributed by atoms with Gasteiger partial charge in [0.1, 0.15) is 0 Å². The first-order valence-electron chi connectivity index (χ1n) is 6.08. The minimum atomic E-state index is -0.980. The van der Waals surface area contributed by atoms with E-state index in [1.807, 2.05) is 4.90 Å². The molecule has 1 aromatic rings. The number of nitro benzene ring substituents is 1. The van der Waals surface area contributed by atoms with Crippen LogP contribution in [0.5, 0.6) is 0 Å². The summed E-state index contributed by atoms with van der Waals surface area (Å²) in [6.45, 7) is 2.93. The first kappa shape index (κ1) is 14.0. The van der Waals surface area contributed by atoms with E-state index in [4.69, 9.17) is 5.11 Å². The Morgan fingerprint density at radius 3 is 2.70 bits per heavy atom. The molecule has 1 aromatic carbocycles. The van der Waals surface area contributed by atoms with Crippen LogP contribution in [0.2, 0.25) is 0 Å². The van der Waals surface area contributed by atoms with Gasteiger partial charge in [-0.2, -0.15) is 4.39 Å². The zero-order valence-corrected chi connectivity index (χ0v) is 10.8. The lowest BCUT2D eigenvalue weighted by atomic mass is 10.1. The molecule has 1 aliphatic rings. The van der Waals surface area contributed by atoms with Crippen molar-refractivity contribution in [2.24, 2.45) is 0 Å². The second-order valence-corrected chi connectivity index (χ2v) is 4.66. The number of benzene rings is 1. The van der Waals surface area contributed by atoms with E-state index in [0.29, 0.717) is 25.3 Å². The summed E-state index contributed by atoms with van der Waals surface area (Å²) in [5.41, 5.74) is -0.0454. The molecule has 1 N–H and O–H groups in total. The summed E-state index contributed by atoms with van der Waals surface area (Å²) in [6, 6.07) is 3.49. The van der Waals surface area contributed by atoms with Gasteiger partial charge in [-0.15, -0.1) is 0 Å². The molecule has 0 aliphatic carbocycles. The maximum absolute atomic E-state index is 13.6. The second kappa shape index (κ2) is 5.32. The van der Waals surface area contributed by atoms with Crippen molar-refractivity contribution in [1.82, 2.24) is 4.90 Å². The van der Waals surface area contributed by atoms with E-state index in [0.717, 1.165) is 12.1 Å². The van der Waals surface area contributed by atoms with E-state index in [1.54, 1.807) is 6.92 Å². The lowest BCUT2D eigenvalue weighted by Gasteiger charge is -2.39. The number of amides is 1. The topological polar surface area (TPSA) is 86.9 Å². The van der Waals surface area contributed by atoms with Gasteiger partial charge in [-0.1, -0.05) is 0 Å². The third-order valence-electron chi connectivity index (χ3n) is 3.37. The first-order chi connectivity index (χ1) is 9.40. The van der Waals surface area contributed by atoms with Crippen LogP contribution in [0.4, 0.5) is 20.6 Å². The SMILES string of the molecule is C[C@H]1CN(c2ccc([N+](=O)[O-])c(F)c2)CCN1C(=O)O. The number of nitro groups is 1.